The normalized spacial score (nSPS) is 11.1. The van der Waals surface area contributed by atoms with Gasteiger partial charge in [0.1, 0.15) is 6.33 Å². The lowest BCUT2D eigenvalue weighted by molar-refractivity contribution is 0.0920. The zero-order valence-electron chi connectivity index (χ0n) is 8.20. The van der Waals surface area contributed by atoms with Gasteiger partial charge in [-0.3, -0.25) is 4.79 Å². The summed E-state index contributed by atoms with van der Waals surface area (Å²) >= 11 is 11.4. The van der Waals surface area contributed by atoms with Gasteiger partial charge >= 0.3 is 0 Å². The molecule has 1 N–H and O–H groups in total. The average Bonchev–Trinajstić information content (AvgIpc) is 2.30. The number of halogens is 2. The Morgan fingerprint density at radius 1 is 1.40 bits per heavy atom. The molecule has 0 aliphatic heterocycles. The summed E-state index contributed by atoms with van der Waals surface area (Å²) in [5, 5.41) is 2.73. The third kappa shape index (κ3) is 3.32. The molecule has 0 fully saturated rings. The Labute approximate surface area is 98.0 Å². The number of amides is 1. The number of alkyl halides is 2. The maximum Gasteiger partial charge on any atom is 0.254 e. The molecule has 0 unspecified atom stereocenters. The van der Waals surface area contributed by atoms with Crippen molar-refractivity contribution in [3.05, 3.63) is 24.3 Å². The molecule has 0 bridgehead atoms. The highest BCUT2D eigenvalue weighted by molar-refractivity contribution is 6.22. The molecule has 6 heteroatoms. The van der Waals surface area contributed by atoms with Gasteiger partial charge in [-0.1, -0.05) is 0 Å². The second-order valence-electron chi connectivity index (χ2n) is 3.41. The quantitative estimate of drug-likeness (QED) is 0.820. The maximum absolute atomic E-state index is 11.7. The third-order valence-corrected chi connectivity index (χ3v) is 3.01. The number of carbonyl (C=O) groups is 1. The second-order valence-corrected chi connectivity index (χ2v) is 3.94. The van der Waals surface area contributed by atoms with Crippen LogP contribution in [0.1, 0.15) is 17.3 Å². The van der Waals surface area contributed by atoms with Gasteiger partial charge in [-0.2, -0.15) is 0 Å². The second kappa shape index (κ2) is 5.28. The van der Waals surface area contributed by atoms with E-state index in [1.54, 1.807) is 6.92 Å². The van der Waals surface area contributed by atoms with Crippen molar-refractivity contribution in [2.24, 2.45) is 0 Å². The van der Waals surface area contributed by atoms with E-state index in [4.69, 9.17) is 23.2 Å². The van der Waals surface area contributed by atoms with Crippen LogP contribution in [0.3, 0.4) is 0 Å². The fraction of sp³-hybridized carbons (Fsp3) is 0.444. The van der Waals surface area contributed by atoms with E-state index in [0.717, 1.165) is 0 Å². The lowest BCUT2D eigenvalue weighted by Gasteiger charge is -2.25. The number of rotatable bonds is 4. The van der Waals surface area contributed by atoms with E-state index in [2.05, 4.69) is 15.3 Å². The van der Waals surface area contributed by atoms with Crippen molar-refractivity contribution >= 4 is 29.1 Å². The van der Waals surface area contributed by atoms with Crippen LogP contribution in [-0.2, 0) is 0 Å². The zero-order chi connectivity index (χ0) is 11.3. The topological polar surface area (TPSA) is 54.9 Å². The standard InChI is InChI=1S/C9H11Cl2N3O/c1-9(4-10,5-11)14-8(15)7-2-12-6-13-3-7/h2-3,6H,4-5H2,1H3,(H,14,15). The fourth-order valence-corrected chi connectivity index (χ4v) is 1.28. The smallest absolute Gasteiger partial charge is 0.254 e. The summed E-state index contributed by atoms with van der Waals surface area (Å²) < 4.78 is 0. The Morgan fingerprint density at radius 3 is 2.40 bits per heavy atom. The highest BCUT2D eigenvalue weighted by Crippen LogP contribution is 2.10. The molecule has 1 rings (SSSR count). The molecule has 4 nitrogen and oxygen atoms in total. The molecule has 15 heavy (non-hydrogen) atoms. The molecule has 1 aromatic rings. The predicted molar refractivity (Wildman–Crippen MR) is 59.3 cm³/mol. The molecule has 1 aromatic heterocycles. The van der Waals surface area contributed by atoms with Crippen molar-refractivity contribution in [3.63, 3.8) is 0 Å². The third-order valence-electron chi connectivity index (χ3n) is 1.83. The molecular weight excluding hydrogens is 237 g/mol. The van der Waals surface area contributed by atoms with Crippen LogP contribution in [0.4, 0.5) is 0 Å². The molecular formula is C9H11Cl2N3O. The monoisotopic (exact) mass is 247 g/mol. The Balaban J connectivity index is 2.72. The highest BCUT2D eigenvalue weighted by atomic mass is 35.5. The van der Waals surface area contributed by atoms with E-state index in [1.807, 2.05) is 0 Å². The van der Waals surface area contributed by atoms with Crippen LogP contribution in [0.15, 0.2) is 18.7 Å². The number of hydrogen-bond acceptors (Lipinski definition) is 3. The van der Waals surface area contributed by atoms with Crippen molar-refractivity contribution in [1.82, 2.24) is 15.3 Å². The number of nitrogens with zero attached hydrogens (tertiary/aromatic N) is 2. The van der Waals surface area contributed by atoms with Gasteiger partial charge in [-0.15, -0.1) is 23.2 Å². The van der Waals surface area contributed by atoms with Gasteiger partial charge in [0.15, 0.2) is 0 Å². The molecule has 1 heterocycles. The summed E-state index contributed by atoms with van der Waals surface area (Å²) in [5.74, 6) is 0.214. The molecule has 0 aliphatic carbocycles. The van der Waals surface area contributed by atoms with E-state index in [-0.39, 0.29) is 17.7 Å². The van der Waals surface area contributed by atoms with Crippen molar-refractivity contribution in [2.75, 3.05) is 11.8 Å². The summed E-state index contributed by atoms with van der Waals surface area (Å²) in [7, 11) is 0. The van der Waals surface area contributed by atoms with Crippen LogP contribution >= 0.6 is 23.2 Å². The first kappa shape index (κ1) is 12.2. The number of nitrogens with one attached hydrogen (secondary N) is 1. The minimum Gasteiger partial charge on any atom is -0.344 e. The predicted octanol–water partition coefficient (Wildman–Crippen LogP) is 1.44. The highest BCUT2D eigenvalue weighted by Gasteiger charge is 2.24. The molecule has 1 amide bonds. The average molecular weight is 248 g/mol. The molecule has 0 saturated heterocycles. The minimum atomic E-state index is -0.615. The molecule has 0 radical (unpaired) electrons. The van der Waals surface area contributed by atoms with Crippen LogP contribution in [-0.4, -0.2) is 33.2 Å². The van der Waals surface area contributed by atoms with E-state index in [0.29, 0.717) is 5.56 Å². The molecule has 0 aromatic carbocycles. The largest absolute Gasteiger partial charge is 0.344 e. The summed E-state index contributed by atoms with van der Waals surface area (Å²) in [6.07, 6.45) is 4.23. The van der Waals surface area contributed by atoms with Crippen LogP contribution < -0.4 is 5.32 Å². The Bertz CT molecular complexity index is 327. The van der Waals surface area contributed by atoms with Gasteiger partial charge in [0.2, 0.25) is 0 Å². The zero-order valence-corrected chi connectivity index (χ0v) is 9.72. The molecule has 0 saturated carbocycles. The summed E-state index contributed by atoms with van der Waals surface area (Å²) in [5.41, 5.74) is -0.227. The van der Waals surface area contributed by atoms with Crippen LogP contribution in [0.25, 0.3) is 0 Å². The first-order valence-corrected chi connectivity index (χ1v) is 5.37. The van der Waals surface area contributed by atoms with E-state index in [1.165, 1.54) is 18.7 Å². The van der Waals surface area contributed by atoms with Gasteiger partial charge in [0, 0.05) is 24.2 Å². The molecule has 0 aliphatic rings. The lowest BCUT2D eigenvalue weighted by Crippen LogP contribution is -2.49. The van der Waals surface area contributed by atoms with Crippen molar-refractivity contribution < 1.29 is 4.79 Å². The van der Waals surface area contributed by atoms with Crippen molar-refractivity contribution in [1.29, 1.82) is 0 Å². The number of carbonyl (C=O) groups excluding carboxylic acids is 1. The Morgan fingerprint density at radius 2 is 1.93 bits per heavy atom. The maximum atomic E-state index is 11.7. The van der Waals surface area contributed by atoms with Gasteiger partial charge < -0.3 is 5.32 Å². The molecule has 0 spiro atoms. The number of hydrogen-bond donors (Lipinski definition) is 1. The molecule has 82 valence electrons. The van der Waals surface area contributed by atoms with Gasteiger partial charge in [-0.25, -0.2) is 9.97 Å². The van der Waals surface area contributed by atoms with Crippen LogP contribution in [0.5, 0.6) is 0 Å². The van der Waals surface area contributed by atoms with E-state index >= 15 is 0 Å². The SMILES string of the molecule is CC(CCl)(CCl)NC(=O)c1cncnc1. The van der Waals surface area contributed by atoms with E-state index in [9.17, 15) is 4.79 Å². The molecule has 0 atom stereocenters. The summed E-state index contributed by atoms with van der Waals surface area (Å²) in [6, 6.07) is 0. The summed E-state index contributed by atoms with van der Waals surface area (Å²) in [6.45, 7) is 1.77. The van der Waals surface area contributed by atoms with Gasteiger partial charge in [0.25, 0.3) is 5.91 Å². The first-order valence-electron chi connectivity index (χ1n) is 4.31. The van der Waals surface area contributed by atoms with E-state index < -0.39 is 5.54 Å². The van der Waals surface area contributed by atoms with Crippen LogP contribution in [0, 0.1) is 0 Å². The van der Waals surface area contributed by atoms with Gasteiger partial charge in [-0.05, 0) is 6.92 Å². The Kier molecular flexibility index (Phi) is 4.29. The Hall–Kier alpha value is -0.870. The summed E-state index contributed by atoms with van der Waals surface area (Å²) in [4.78, 5) is 19.2. The van der Waals surface area contributed by atoms with Crippen molar-refractivity contribution in [2.45, 2.75) is 12.5 Å². The van der Waals surface area contributed by atoms with Crippen LogP contribution in [0.2, 0.25) is 0 Å². The lowest BCUT2D eigenvalue weighted by atomic mass is 10.1. The minimum absolute atomic E-state index is 0.246. The van der Waals surface area contributed by atoms with Gasteiger partial charge in [0.05, 0.1) is 11.1 Å². The van der Waals surface area contributed by atoms with Crippen molar-refractivity contribution in [3.8, 4) is 0 Å². The fourth-order valence-electron chi connectivity index (χ4n) is 0.865. The number of aromatic nitrogens is 2. The first-order chi connectivity index (χ1) is 7.11.